The Morgan fingerprint density at radius 1 is 1.07 bits per heavy atom. The second-order valence-corrected chi connectivity index (χ2v) is 7.65. The Labute approximate surface area is 167 Å². The molecule has 6 heteroatoms. The summed E-state index contributed by atoms with van der Waals surface area (Å²) in [6.45, 7) is 4.30. The number of nitro benzene ring substituents is 1. The lowest BCUT2D eigenvalue weighted by atomic mass is 10.1. The highest BCUT2D eigenvalue weighted by molar-refractivity contribution is 7.99. The molecule has 0 bridgehead atoms. The molecule has 3 aromatic rings. The molecule has 0 radical (unpaired) electrons. The second kappa shape index (κ2) is 8.46. The van der Waals surface area contributed by atoms with Gasteiger partial charge in [0, 0.05) is 16.0 Å². The Hall–Kier alpha value is -2.50. The predicted molar refractivity (Wildman–Crippen MR) is 109 cm³/mol. The van der Waals surface area contributed by atoms with Crippen LogP contribution in [0.25, 0.3) is 0 Å². The van der Waals surface area contributed by atoms with E-state index in [0.717, 1.165) is 27.3 Å². The van der Waals surface area contributed by atoms with Crippen molar-refractivity contribution < 1.29 is 9.66 Å². The van der Waals surface area contributed by atoms with E-state index in [1.165, 1.54) is 11.8 Å². The molecule has 0 aromatic heterocycles. The van der Waals surface area contributed by atoms with Crippen LogP contribution in [0.4, 0.5) is 5.69 Å². The van der Waals surface area contributed by atoms with Crippen molar-refractivity contribution >= 4 is 29.1 Å². The topological polar surface area (TPSA) is 52.4 Å². The fourth-order valence-corrected chi connectivity index (χ4v) is 3.58. The Kier molecular flexibility index (Phi) is 6.04. The van der Waals surface area contributed by atoms with Gasteiger partial charge < -0.3 is 4.74 Å². The third-order valence-corrected chi connectivity index (χ3v) is 5.54. The van der Waals surface area contributed by atoms with E-state index in [1.807, 2.05) is 50.2 Å². The third kappa shape index (κ3) is 4.81. The molecule has 0 fully saturated rings. The van der Waals surface area contributed by atoms with Crippen molar-refractivity contribution in [1.29, 1.82) is 0 Å². The number of halogens is 1. The van der Waals surface area contributed by atoms with Gasteiger partial charge in [0.25, 0.3) is 5.69 Å². The first kappa shape index (κ1) is 19.3. The quantitative estimate of drug-likeness (QED) is 0.346. The molecule has 0 N–H and O–H groups in total. The summed E-state index contributed by atoms with van der Waals surface area (Å²) in [4.78, 5) is 12.6. The van der Waals surface area contributed by atoms with Crippen LogP contribution in [0.3, 0.4) is 0 Å². The van der Waals surface area contributed by atoms with Crippen molar-refractivity contribution in [3.05, 3.63) is 92.5 Å². The number of nitro groups is 1. The van der Waals surface area contributed by atoms with Gasteiger partial charge in [0.2, 0.25) is 0 Å². The molecular formula is C21H18ClNO3S. The van der Waals surface area contributed by atoms with Gasteiger partial charge in [-0.25, -0.2) is 0 Å². The molecule has 3 rings (SSSR count). The summed E-state index contributed by atoms with van der Waals surface area (Å²) in [5.41, 5.74) is 3.04. The van der Waals surface area contributed by atoms with Crippen molar-refractivity contribution in [3.63, 3.8) is 0 Å². The average Bonchev–Trinajstić information content (AvgIpc) is 2.65. The van der Waals surface area contributed by atoms with E-state index in [0.29, 0.717) is 9.92 Å². The van der Waals surface area contributed by atoms with Gasteiger partial charge in [0.15, 0.2) is 0 Å². The summed E-state index contributed by atoms with van der Waals surface area (Å²) in [5.74, 6) is 0.789. The maximum absolute atomic E-state index is 11.5. The molecule has 3 aromatic carbocycles. The molecule has 0 spiro atoms. The molecule has 0 aliphatic carbocycles. The molecule has 0 unspecified atom stereocenters. The minimum absolute atomic E-state index is 0.0667. The molecule has 4 nitrogen and oxygen atoms in total. The number of ether oxygens (including phenoxy) is 1. The van der Waals surface area contributed by atoms with Crippen LogP contribution in [-0.4, -0.2) is 4.92 Å². The fraction of sp³-hybridized carbons (Fsp3) is 0.143. The SMILES string of the molecule is Cc1cccc(OCc2ccc(Sc3ccc(Cl)cc3)c([N+](=O)[O-])c2)c1C. The van der Waals surface area contributed by atoms with Crippen LogP contribution in [0, 0.1) is 24.0 Å². The third-order valence-electron chi connectivity index (χ3n) is 4.21. The molecule has 0 aliphatic heterocycles. The van der Waals surface area contributed by atoms with E-state index in [4.69, 9.17) is 16.3 Å². The number of hydrogen-bond acceptors (Lipinski definition) is 4. The maximum Gasteiger partial charge on any atom is 0.283 e. The van der Waals surface area contributed by atoms with Gasteiger partial charge >= 0.3 is 0 Å². The van der Waals surface area contributed by atoms with E-state index in [2.05, 4.69) is 0 Å². The first-order valence-corrected chi connectivity index (χ1v) is 9.53. The Balaban J connectivity index is 1.79. The van der Waals surface area contributed by atoms with Crippen LogP contribution in [0.5, 0.6) is 5.75 Å². The number of aryl methyl sites for hydroxylation is 1. The van der Waals surface area contributed by atoms with Gasteiger partial charge in [-0.1, -0.05) is 41.6 Å². The lowest BCUT2D eigenvalue weighted by molar-refractivity contribution is -0.387. The summed E-state index contributed by atoms with van der Waals surface area (Å²) < 4.78 is 5.87. The zero-order chi connectivity index (χ0) is 19.4. The van der Waals surface area contributed by atoms with E-state index >= 15 is 0 Å². The van der Waals surface area contributed by atoms with Gasteiger partial charge in [-0.05, 0) is 66.9 Å². The van der Waals surface area contributed by atoms with Crippen LogP contribution in [0.1, 0.15) is 16.7 Å². The van der Waals surface area contributed by atoms with Crippen LogP contribution in [0.15, 0.2) is 70.5 Å². The standard InChI is InChI=1S/C21H18ClNO3S/c1-14-4-3-5-20(15(14)2)26-13-16-6-11-21(19(12-16)23(24)25)27-18-9-7-17(22)8-10-18/h3-12H,13H2,1-2H3. The van der Waals surface area contributed by atoms with Gasteiger partial charge in [0.1, 0.15) is 12.4 Å². The highest BCUT2D eigenvalue weighted by Crippen LogP contribution is 2.36. The highest BCUT2D eigenvalue weighted by atomic mass is 35.5. The zero-order valence-electron chi connectivity index (χ0n) is 14.9. The molecule has 0 heterocycles. The second-order valence-electron chi connectivity index (χ2n) is 6.10. The lowest BCUT2D eigenvalue weighted by Gasteiger charge is -2.11. The van der Waals surface area contributed by atoms with Gasteiger partial charge in [0.05, 0.1) is 9.82 Å². The van der Waals surface area contributed by atoms with E-state index in [-0.39, 0.29) is 17.2 Å². The Morgan fingerprint density at radius 2 is 1.81 bits per heavy atom. The molecular weight excluding hydrogens is 382 g/mol. The molecule has 138 valence electrons. The monoisotopic (exact) mass is 399 g/mol. The zero-order valence-corrected chi connectivity index (χ0v) is 16.5. The molecule has 0 aliphatic rings. The smallest absolute Gasteiger partial charge is 0.283 e. The number of rotatable bonds is 6. The molecule has 0 amide bonds. The number of nitrogens with zero attached hydrogens (tertiary/aromatic N) is 1. The molecule has 27 heavy (non-hydrogen) atoms. The highest BCUT2D eigenvalue weighted by Gasteiger charge is 2.16. The Morgan fingerprint density at radius 3 is 2.52 bits per heavy atom. The summed E-state index contributed by atoms with van der Waals surface area (Å²) >= 11 is 7.23. The van der Waals surface area contributed by atoms with E-state index in [1.54, 1.807) is 24.3 Å². The van der Waals surface area contributed by atoms with Crippen molar-refractivity contribution in [2.45, 2.75) is 30.2 Å². The molecule has 0 saturated heterocycles. The average molecular weight is 400 g/mol. The van der Waals surface area contributed by atoms with Gasteiger partial charge in [-0.3, -0.25) is 10.1 Å². The van der Waals surface area contributed by atoms with Crippen LogP contribution >= 0.6 is 23.4 Å². The summed E-state index contributed by atoms with van der Waals surface area (Å²) in [6, 6.07) is 18.3. The van der Waals surface area contributed by atoms with Crippen molar-refractivity contribution in [2.24, 2.45) is 0 Å². The summed E-state index contributed by atoms with van der Waals surface area (Å²) in [7, 11) is 0. The fourth-order valence-electron chi connectivity index (χ4n) is 2.55. The van der Waals surface area contributed by atoms with Gasteiger partial charge in [-0.2, -0.15) is 0 Å². The molecule has 0 atom stereocenters. The first-order chi connectivity index (χ1) is 12.9. The van der Waals surface area contributed by atoms with Crippen LogP contribution in [0.2, 0.25) is 5.02 Å². The van der Waals surface area contributed by atoms with Crippen molar-refractivity contribution in [1.82, 2.24) is 0 Å². The Bertz CT molecular complexity index is 974. The lowest BCUT2D eigenvalue weighted by Crippen LogP contribution is -2.00. The van der Waals surface area contributed by atoms with E-state index in [9.17, 15) is 10.1 Å². The van der Waals surface area contributed by atoms with Crippen molar-refractivity contribution in [3.8, 4) is 5.75 Å². The number of benzene rings is 3. The predicted octanol–water partition coefficient (Wildman–Crippen LogP) is 6.60. The largest absolute Gasteiger partial charge is 0.489 e. The normalized spacial score (nSPS) is 10.6. The minimum Gasteiger partial charge on any atom is -0.489 e. The molecule has 0 saturated carbocycles. The van der Waals surface area contributed by atoms with Crippen LogP contribution in [-0.2, 0) is 6.61 Å². The maximum atomic E-state index is 11.5. The minimum atomic E-state index is -0.361. The number of hydrogen-bond donors (Lipinski definition) is 0. The van der Waals surface area contributed by atoms with E-state index < -0.39 is 0 Å². The first-order valence-electron chi connectivity index (χ1n) is 8.34. The van der Waals surface area contributed by atoms with Gasteiger partial charge in [-0.15, -0.1) is 0 Å². The summed E-state index contributed by atoms with van der Waals surface area (Å²) in [6.07, 6.45) is 0. The van der Waals surface area contributed by atoms with Crippen LogP contribution < -0.4 is 4.74 Å². The summed E-state index contributed by atoms with van der Waals surface area (Å²) in [5, 5.41) is 12.2. The van der Waals surface area contributed by atoms with Crippen molar-refractivity contribution in [2.75, 3.05) is 0 Å².